The van der Waals surface area contributed by atoms with Gasteiger partial charge >= 0.3 is 0 Å². The van der Waals surface area contributed by atoms with Crippen LogP contribution in [0.3, 0.4) is 0 Å². The predicted molar refractivity (Wildman–Crippen MR) is 52.8 cm³/mol. The zero-order chi connectivity index (χ0) is 10.1. The lowest BCUT2D eigenvalue weighted by atomic mass is 9.82. The number of likely N-dealkylation sites (tertiary alicyclic amines) is 1. The number of aliphatic hydroxyl groups excluding tert-OH is 1. The summed E-state index contributed by atoms with van der Waals surface area (Å²) in [6, 6.07) is 0.0278. The Hall–Kier alpha value is -0.610. The molecule has 1 amide bonds. The number of carbonyl (C=O) groups is 1. The zero-order valence-corrected chi connectivity index (χ0v) is 8.57. The Morgan fingerprint density at radius 2 is 2.29 bits per heavy atom. The van der Waals surface area contributed by atoms with Crippen molar-refractivity contribution in [2.75, 3.05) is 20.1 Å². The molecule has 1 heterocycles. The first kappa shape index (κ1) is 9.93. The van der Waals surface area contributed by atoms with Crippen molar-refractivity contribution in [3.63, 3.8) is 0 Å². The van der Waals surface area contributed by atoms with Crippen LogP contribution in [0, 0.1) is 5.92 Å². The summed E-state index contributed by atoms with van der Waals surface area (Å²) >= 11 is 0. The molecule has 1 aliphatic heterocycles. The number of hydrogen-bond acceptors (Lipinski definition) is 3. The summed E-state index contributed by atoms with van der Waals surface area (Å²) in [7, 11) is 1.83. The molecule has 0 aromatic carbocycles. The molecule has 2 N–H and O–H groups in total. The van der Waals surface area contributed by atoms with Crippen LogP contribution < -0.4 is 5.32 Å². The van der Waals surface area contributed by atoms with E-state index < -0.39 is 0 Å². The first-order valence-corrected chi connectivity index (χ1v) is 5.35. The second kappa shape index (κ2) is 3.87. The van der Waals surface area contributed by atoms with Gasteiger partial charge in [0.15, 0.2) is 0 Å². The topological polar surface area (TPSA) is 52.6 Å². The van der Waals surface area contributed by atoms with Crippen molar-refractivity contribution < 1.29 is 9.90 Å². The van der Waals surface area contributed by atoms with E-state index in [0.29, 0.717) is 5.92 Å². The SMILES string of the molecule is CNC1CCN(CC2CC(O)C2)C1=O. The van der Waals surface area contributed by atoms with E-state index in [1.807, 2.05) is 11.9 Å². The summed E-state index contributed by atoms with van der Waals surface area (Å²) in [5, 5.41) is 12.2. The largest absolute Gasteiger partial charge is 0.393 e. The zero-order valence-electron chi connectivity index (χ0n) is 8.57. The normalized spacial score (nSPS) is 37.4. The summed E-state index contributed by atoms with van der Waals surface area (Å²) in [6.07, 6.45) is 2.55. The minimum absolute atomic E-state index is 0.0278. The second-order valence-electron chi connectivity index (χ2n) is 4.41. The first-order chi connectivity index (χ1) is 6.70. The van der Waals surface area contributed by atoms with E-state index in [9.17, 15) is 4.79 Å². The van der Waals surface area contributed by atoms with Gasteiger partial charge in [-0.15, -0.1) is 0 Å². The van der Waals surface area contributed by atoms with Crippen molar-refractivity contribution in [2.24, 2.45) is 5.92 Å². The average Bonchev–Trinajstić information content (AvgIpc) is 2.45. The van der Waals surface area contributed by atoms with Crippen LogP contribution in [0.2, 0.25) is 0 Å². The van der Waals surface area contributed by atoms with Crippen molar-refractivity contribution in [1.82, 2.24) is 10.2 Å². The summed E-state index contributed by atoms with van der Waals surface area (Å²) in [6.45, 7) is 1.71. The van der Waals surface area contributed by atoms with Gasteiger partial charge in [0.1, 0.15) is 0 Å². The second-order valence-corrected chi connectivity index (χ2v) is 4.41. The third-order valence-electron chi connectivity index (χ3n) is 3.34. The molecule has 80 valence electrons. The van der Waals surface area contributed by atoms with Crippen LogP contribution >= 0.6 is 0 Å². The third-order valence-corrected chi connectivity index (χ3v) is 3.34. The quantitative estimate of drug-likeness (QED) is 0.647. The smallest absolute Gasteiger partial charge is 0.239 e. The molecular formula is C10H18N2O2. The highest BCUT2D eigenvalue weighted by molar-refractivity contribution is 5.83. The number of rotatable bonds is 3. The fraction of sp³-hybridized carbons (Fsp3) is 0.900. The minimum atomic E-state index is -0.113. The van der Waals surface area contributed by atoms with E-state index in [4.69, 9.17) is 5.11 Å². The van der Waals surface area contributed by atoms with Gasteiger partial charge in [-0.1, -0.05) is 0 Å². The third kappa shape index (κ3) is 1.77. The van der Waals surface area contributed by atoms with E-state index in [2.05, 4.69) is 5.32 Å². The van der Waals surface area contributed by atoms with E-state index in [-0.39, 0.29) is 18.1 Å². The maximum Gasteiger partial charge on any atom is 0.239 e. The van der Waals surface area contributed by atoms with Crippen LogP contribution in [0.5, 0.6) is 0 Å². The van der Waals surface area contributed by atoms with E-state index in [1.165, 1.54) is 0 Å². The molecule has 2 aliphatic rings. The number of nitrogens with zero attached hydrogens (tertiary/aromatic N) is 1. The van der Waals surface area contributed by atoms with Gasteiger partial charge in [-0.3, -0.25) is 4.79 Å². The van der Waals surface area contributed by atoms with Crippen molar-refractivity contribution >= 4 is 5.91 Å². The standard InChI is InChI=1S/C10H18N2O2/c1-11-9-2-3-12(10(9)14)6-7-4-8(13)5-7/h7-9,11,13H,2-6H2,1H3. The lowest BCUT2D eigenvalue weighted by molar-refractivity contribution is -0.130. The molecular weight excluding hydrogens is 180 g/mol. The van der Waals surface area contributed by atoms with Gasteiger partial charge in [0.05, 0.1) is 12.1 Å². The molecule has 2 rings (SSSR count). The van der Waals surface area contributed by atoms with E-state index >= 15 is 0 Å². The van der Waals surface area contributed by atoms with Gasteiger partial charge in [0.25, 0.3) is 0 Å². The molecule has 4 heteroatoms. The monoisotopic (exact) mass is 198 g/mol. The summed E-state index contributed by atoms with van der Waals surface area (Å²) < 4.78 is 0. The number of aliphatic hydroxyl groups is 1. The lowest BCUT2D eigenvalue weighted by Gasteiger charge is -2.34. The van der Waals surface area contributed by atoms with Crippen LogP contribution in [0.15, 0.2) is 0 Å². The van der Waals surface area contributed by atoms with Gasteiger partial charge < -0.3 is 15.3 Å². The maximum absolute atomic E-state index is 11.7. The Morgan fingerprint density at radius 1 is 1.57 bits per heavy atom. The minimum Gasteiger partial charge on any atom is -0.393 e. The lowest BCUT2D eigenvalue weighted by Crippen LogP contribution is -2.42. The predicted octanol–water partition coefficient (Wildman–Crippen LogP) is -0.422. The van der Waals surface area contributed by atoms with Crippen LogP contribution in [-0.4, -0.2) is 48.2 Å². The molecule has 0 aromatic rings. The molecule has 4 nitrogen and oxygen atoms in total. The molecule has 0 bridgehead atoms. The highest BCUT2D eigenvalue weighted by atomic mass is 16.3. The molecule has 0 aromatic heterocycles. The number of nitrogens with one attached hydrogen (secondary N) is 1. The summed E-state index contributed by atoms with van der Waals surface area (Å²) in [5.41, 5.74) is 0. The van der Waals surface area contributed by atoms with Gasteiger partial charge in [0, 0.05) is 13.1 Å². The molecule has 1 aliphatic carbocycles. The molecule has 1 saturated carbocycles. The summed E-state index contributed by atoms with van der Waals surface area (Å²) in [5.74, 6) is 0.762. The van der Waals surface area contributed by atoms with Crippen molar-refractivity contribution in [2.45, 2.75) is 31.4 Å². The van der Waals surface area contributed by atoms with E-state index in [1.54, 1.807) is 0 Å². The van der Waals surface area contributed by atoms with Crippen molar-refractivity contribution in [1.29, 1.82) is 0 Å². The van der Waals surface area contributed by atoms with Gasteiger partial charge in [0.2, 0.25) is 5.91 Å². The van der Waals surface area contributed by atoms with Crippen LogP contribution in [0.25, 0.3) is 0 Å². The fourth-order valence-electron chi connectivity index (χ4n) is 2.35. The molecule has 1 saturated heterocycles. The highest BCUT2D eigenvalue weighted by Gasteiger charge is 2.35. The van der Waals surface area contributed by atoms with Gasteiger partial charge in [-0.25, -0.2) is 0 Å². The molecule has 1 atom stereocenters. The number of amides is 1. The van der Waals surface area contributed by atoms with Gasteiger partial charge in [-0.2, -0.15) is 0 Å². The maximum atomic E-state index is 11.7. The molecule has 0 radical (unpaired) electrons. The number of hydrogen-bond donors (Lipinski definition) is 2. The van der Waals surface area contributed by atoms with E-state index in [0.717, 1.165) is 32.4 Å². The Morgan fingerprint density at radius 3 is 2.79 bits per heavy atom. The molecule has 0 spiro atoms. The molecule has 2 fully saturated rings. The Bertz CT molecular complexity index is 226. The molecule has 14 heavy (non-hydrogen) atoms. The van der Waals surface area contributed by atoms with Crippen LogP contribution in [-0.2, 0) is 4.79 Å². The highest BCUT2D eigenvalue weighted by Crippen LogP contribution is 2.29. The van der Waals surface area contributed by atoms with Crippen molar-refractivity contribution in [3.05, 3.63) is 0 Å². The first-order valence-electron chi connectivity index (χ1n) is 5.35. The summed E-state index contributed by atoms with van der Waals surface area (Å²) in [4.78, 5) is 13.6. The number of carbonyl (C=O) groups excluding carboxylic acids is 1. The number of likely N-dealkylation sites (N-methyl/N-ethyl adjacent to an activating group) is 1. The van der Waals surface area contributed by atoms with Gasteiger partial charge in [-0.05, 0) is 32.2 Å². The molecule has 1 unspecified atom stereocenters. The van der Waals surface area contributed by atoms with Crippen LogP contribution in [0.4, 0.5) is 0 Å². The Balaban J connectivity index is 1.79. The Labute approximate surface area is 84.3 Å². The Kier molecular flexibility index (Phi) is 2.74. The average molecular weight is 198 g/mol. The fourth-order valence-corrected chi connectivity index (χ4v) is 2.35. The van der Waals surface area contributed by atoms with Crippen LogP contribution in [0.1, 0.15) is 19.3 Å². The van der Waals surface area contributed by atoms with Crippen molar-refractivity contribution in [3.8, 4) is 0 Å².